The third kappa shape index (κ3) is 5.00. The number of carbonyl (C=O) groups is 1. The van der Waals surface area contributed by atoms with Crippen LogP contribution in [0.5, 0.6) is 0 Å². The Kier molecular flexibility index (Phi) is 7.55. The monoisotopic (exact) mass is 576 g/mol. The largest absolute Gasteiger partial charge is 0.355 e. The lowest BCUT2D eigenvalue weighted by atomic mass is 9.89. The number of aromatic nitrogens is 3. The van der Waals surface area contributed by atoms with Gasteiger partial charge in [0, 0.05) is 34.6 Å². The van der Waals surface area contributed by atoms with Crippen LogP contribution in [0.1, 0.15) is 42.5 Å². The molecule has 192 valence electrons. The van der Waals surface area contributed by atoms with Gasteiger partial charge in [-0.15, -0.1) is 5.10 Å². The molecule has 0 aliphatic heterocycles. The molecule has 10 heteroatoms. The van der Waals surface area contributed by atoms with Gasteiger partial charge in [0.25, 0.3) is 11.5 Å². The molecule has 1 fully saturated rings. The molecule has 0 unspecified atom stereocenters. The molecule has 2 heterocycles. The molecule has 0 radical (unpaired) electrons. The van der Waals surface area contributed by atoms with Gasteiger partial charge in [0.15, 0.2) is 5.65 Å². The van der Waals surface area contributed by atoms with Crippen LogP contribution in [0.15, 0.2) is 47.3 Å². The minimum absolute atomic E-state index is 0.0406. The highest BCUT2D eigenvalue weighted by molar-refractivity contribution is 6.37. The number of carbonyl (C=O) groups excluding carboxylic acids is 1. The van der Waals surface area contributed by atoms with Crippen LogP contribution in [-0.4, -0.2) is 27.3 Å². The fourth-order valence-electron chi connectivity index (χ4n) is 5.06. The van der Waals surface area contributed by atoms with Crippen LogP contribution in [0.3, 0.4) is 0 Å². The van der Waals surface area contributed by atoms with E-state index in [9.17, 15) is 9.59 Å². The Bertz CT molecular complexity index is 1570. The van der Waals surface area contributed by atoms with Crippen molar-refractivity contribution in [3.63, 3.8) is 0 Å². The Labute approximate surface area is 234 Å². The van der Waals surface area contributed by atoms with Crippen LogP contribution >= 0.6 is 46.4 Å². The van der Waals surface area contributed by atoms with E-state index in [1.807, 2.05) is 0 Å². The number of hydrogen-bond acceptors (Lipinski definition) is 3. The molecule has 37 heavy (non-hydrogen) atoms. The zero-order valence-electron chi connectivity index (χ0n) is 20.0. The van der Waals surface area contributed by atoms with Gasteiger partial charge in [-0.25, -0.2) is 4.68 Å². The lowest BCUT2D eigenvalue weighted by molar-refractivity contribution is 0.0961. The van der Waals surface area contributed by atoms with Gasteiger partial charge in [0.1, 0.15) is 5.56 Å². The molecule has 5 rings (SSSR count). The van der Waals surface area contributed by atoms with Crippen LogP contribution in [0, 0.1) is 5.92 Å². The van der Waals surface area contributed by atoms with Crippen molar-refractivity contribution in [3.8, 4) is 16.9 Å². The lowest BCUT2D eigenvalue weighted by Crippen LogP contribution is -2.33. The third-order valence-electron chi connectivity index (χ3n) is 6.88. The second kappa shape index (κ2) is 10.7. The van der Waals surface area contributed by atoms with E-state index in [1.54, 1.807) is 51.7 Å². The summed E-state index contributed by atoms with van der Waals surface area (Å²) in [6, 6.07) is 11.8. The van der Waals surface area contributed by atoms with Crippen molar-refractivity contribution >= 4 is 63.3 Å². The van der Waals surface area contributed by atoms with Gasteiger partial charge in [0.2, 0.25) is 0 Å². The van der Waals surface area contributed by atoms with Crippen LogP contribution in [-0.2, 0) is 6.54 Å². The molecule has 6 nitrogen and oxygen atoms in total. The molecular weight excluding hydrogens is 554 g/mol. The average Bonchev–Trinajstić information content (AvgIpc) is 3.24. The molecular formula is C27H24Cl4N4O2. The van der Waals surface area contributed by atoms with E-state index in [2.05, 4.69) is 5.32 Å². The maximum absolute atomic E-state index is 13.6. The highest BCUT2D eigenvalue weighted by Crippen LogP contribution is 2.39. The summed E-state index contributed by atoms with van der Waals surface area (Å²) in [6.07, 6.45) is 5.49. The molecule has 4 aromatic rings. The number of fused-ring (bicyclic) bond motifs is 1. The van der Waals surface area contributed by atoms with Gasteiger partial charge in [0.05, 0.1) is 21.4 Å². The molecule has 1 aliphatic rings. The third-order valence-corrected chi connectivity index (χ3v) is 7.97. The first kappa shape index (κ1) is 26.1. The number of hydrogen-bond donors (Lipinski definition) is 1. The molecule has 2 aromatic heterocycles. The van der Waals surface area contributed by atoms with Crippen molar-refractivity contribution in [2.75, 3.05) is 7.05 Å². The quantitative estimate of drug-likeness (QED) is 0.268. The number of nitrogens with zero attached hydrogens (tertiary/aromatic N) is 3. The SMILES string of the molecule is CNC(=O)c1cc2c(-c3ccc(Cl)cc3Cl)n(-c3ccc(Cl)cc3Cl)nc2n(CC2CCCCC2)c1=O. The molecule has 0 bridgehead atoms. The molecule has 1 aliphatic carbocycles. The standard InChI is InChI=1S/C27H24Cl4N4O2/c1-32-26(36)20-13-19-24(18-9-7-16(28)11-21(18)30)35(23-10-8-17(29)12-22(23)31)33-25(19)34(27(20)37)14-15-5-3-2-4-6-15/h7-13,15H,2-6,14H2,1H3,(H,32,36). The van der Waals surface area contributed by atoms with Crippen LogP contribution in [0.2, 0.25) is 20.1 Å². The summed E-state index contributed by atoms with van der Waals surface area (Å²) in [5, 5.41) is 9.82. The number of rotatable bonds is 5. The van der Waals surface area contributed by atoms with E-state index in [-0.39, 0.29) is 11.1 Å². The van der Waals surface area contributed by atoms with Crippen molar-refractivity contribution in [2.24, 2.45) is 5.92 Å². The van der Waals surface area contributed by atoms with E-state index in [1.165, 1.54) is 13.5 Å². The van der Waals surface area contributed by atoms with E-state index >= 15 is 0 Å². The van der Waals surface area contributed by atoms with Gasteiger partial charge in [-0.05, 0) is 61.2 Å². The minimum atomic E-state index is -0.463. The van der Waals surface area contributed by atoms with Crippen molar-refractivity contribution in [1.29, 1.82) is 0 Å². The summed E-state index contributed by atoms with van der Waals surface area (Å²) in [6.45, 7) is 0.472. The van der Waals surface area contributed by atoms with Gasteiger partial charge >= 0.3 is 0 Å². The maximum Gasteiger partial charge on any atom is 0.265 e. The predicted octanol–water partition coefficient (Wildman–Crippen LogP) is 7.41. The number of amides is 1. The molecule has 2 aromatic carbocycles. The Morgan fingerprint density at radius 2 is 1.65 bits per heavy atom. The van der Waals surface area contributed by atoms with Crippen LogP contribution in [0.4, 0.5) is 0 Å². The molecule has 1 saturated carbocycles. The lowest BCUT2D eigenvalue weighted by Gasteiger charge is -2.22. The van der Waals surface area contributed by atoms with E-state index in [0.717, 1.165) is 25.7 Å². The highest BCUT2D eigenvalue weighted by Gasteiger charge is 2.26. The van der Waals surface area contributed by atoms with Crippen LogP contribution < -0.4 is 10.9 Å². The zero-order chi connectivity index (χ0) is 26.3. The average molecular weight is 578 g/mol. The van der Waals surface area contributed by atoms with E-state index in [0.29, 0.717) is 60.5 Å². The van der Waals surface area contributed by atoms with E-state index < -0.39 is 5.91 Å². The summed E-state index contributed by atoms with van der Waals surface area (Å²) in [4.78, 5) is 26.5. The molecule has 1 amide bonds. The minimum Gasteiger partial charge on any atom is -0.355 e. The Hall–Kier alpha value is -2.51. The molecule has 1 N–H and O–H groups in total. The number of nitrogens with one attached hydrogen (secondary N) is 1. The normalized spacial score (nSPS) is 14.3. The molecule has 0 saturated heterocycles. The van der Waals surface area contributed by atoms with Gasteiger partial charge in [-0.1, -0.05) is 65.7 Å². The summed E-state index contributed by atoms with van der Waals surface area (Å²) in [5.74, 6) is -0.142. The summed E-state index contributed by atoms with van der Waals surface area (Å²) in [5.41, 5.74) is 1.89. The second-order valence-corrected chi connectivity index (χ2v) is 11.0. The smallest absolute Gasteiger partial charge is 0.265 e. The Morgan fingerprint density at radius 3 is 2.30 bits per heavy atom. The number of benzene rings is 2. The number of halogens is 4. The maximum atomic E-state index is 13.6. The van der Waals surface area contributed by atoms with Crippen molar-refractivity contribution in [2.45, 2.75) is 38.6 Å². The Balaban J connectivity index is 1.87. The van der Waals surface area contributed by atoms with Gasteiger partial charge in [-0.2, -0.15) is 0 Å². The van der Waals surface area contributed by atoms with Crippen molar-refractivity contribution < 1.29 is 4.79 Å². The van der Waals surface area contributed by atoms with Crippen molar-refractivity contribution in [3.05, 3.63) is 78.5 Å². The number of pyridine rings is 1. The fourth-order valence-corrected chi connectivity index (χ4v) is 6.05. The zero-order valence-corrected chi connectivity index (χ0v) is 23.1. The Morgan fingerprint density at radius 1 is 0.973 bits per heavy atom. The first-order chi connectivity index (χ1) is 17.8. The highest BCUT2D eigenvalue weighted by atomic mass is 35.5. The summed E-state index contributed by atoms with van der Waals surface area (Å²) >= 11 is 25.7. The second-order valence-electron chi connectivity index (χ2n) is 9.27. The topological polar surface area (TPSA) is 68.9 Å². The first-order valence-corrected chi connectivity index (χ1v) is 13.6. The van der Waals surface area contributed by atoms with Gasteiger partial charge in [-0.3, -0.25) is 14.2 Å². The molecule has 0 spiro atoms. The van der Waals surface area contributed by atoms with Crippen LogP contribution in [0.25, 0.3) is 28.0 Å². The van der Waals surface area contributed by atoms with Gasteiger partial charge < -0.3 is 5.32 Å². The van der Waals surface area contributed by atoms with Crippen molar-refractivity contribution in [1.82, 2.24) is 19.7 Å². The van der Waals surface area contributed by atoms with E-state index in [4.69, 9.17) is 51.5 Å². The summed E-state index contributed by atoms with van der Waals surface area (Å²) in [7, 11) is 1.51. The molecule has 0 atom stereocenters. The predicted molar refractivity (Wildman–Crippen MR) is 151 cm³/mol. The fraction of sp³-hybridized carbons (Fsp3) is 0.296. The first-order valence-electron chi connectivity index (χ1n) is 12.1. The summed E-state index contributed by atoms with van der Waals surface area (Å²) < 4.78 is 3.28.